The quantitative estimate of drug-likeness (QED) is 0.651. The number of hydrogen-bond donors (Lipinski definition) is 0. The van der Waals surface area contributed by atoms with Crippen LogP contribution in [0.15, 0.2) is 40.9 Å². The minimum absolute atomic E-state index is 1.19. The third kappa shape index (κ3) is 1.89. The van der Waals surface area contributed by atoms with E-state index >= 15 is 0 Å². The summed E-state index contributed by atoms with van der Waals surface area (Å²) in [5.74, 6) is 0. The first kappa shape index (κ1) is 12.5. The van der Waals surface area contributed by atoms with Gasteiger partial charge in [-0.15, -0.1) is 0 Å². The normalized spacial score (nSPS) is 20.1. The predicted octanol–water partition coefficient (Wildman–Crippen LogP) is 3.51. The fourth-order valence-corrected chi connectivity index (χ4v) is 4.11. The number of halogens is 1. The molecular weight excluding hydrogens is 307 g/mol. The molecule has 0 bridgehead atoms. The lowest BCUT2D eigenvalue weighted by Gasteiger charge is -2.09. The van der Waals surface area contributed by atoms with Gasteiger partial charge in [0.2, 0.25) is 0 Å². The zero-order valence-corrected chi connectivity index (χ0v) is 13.3. The van der Waals surface area contributed by atoms with Crippen LogP contribution in [0.4, 0.5) is 0 Å². The van der Waals surface area contributed by atoms with Crippen molar-refractivity contribution in [3.05, 3.63) is 63.1 Å². The summed E-state index contributed by atoms with van der Waals surface area (Å²) >= 11 is 3.59. The summed E-state index contributed by atoms with van der Waals surface area (Å²) in [5, 5.41) is 0. The van der Waals surface area contributed by atoms with Gasteiger partial charge in [0.25, 0.3) is 0 Å². The molecule has 20 heavy (non-hydrogen) atoms. The van der Waals surface area contributed by atoms with E-state index < -0.39 is 0 Å². The molecule has 0 saturated heterocycles. The summed E-state index contributed by atoms with van der Waals surface area (Å²) in [6.07, 6.45) is 4.81. The summed E-state index contributed by atoms with van der Waals surface area (Å²) in [5.41, 5.74) is 10.6. The lowest BCUT2D eigenvalue weighted by atomic mass is 9.91. The lowest BCUT2D eigenvalue weighted by Crippen LogP contribution is -2.02. The van der Waals surface area contributed by atoms with Gasteiger partial charge in [0.15, 0.2) is 0 Å². The van der Waals surface area contributed by atoms with E-state index in [2.05, 4.69) is 60.2 Å². The van der Waals surface area contributed by atoms with E-state index in [4.69, 9.17) is 0 Å². The Labute approximate surface area is 129 Å². The van der Waals surface area contributed by atoms with Crippen molar-refractivity contribution in [2.24, 2.45) is 0 Å². The van der Waals surface area contributed by atoms with Crippen LogP contribution in [-0.4, -0.2) is 7.85 Å². The highest BCUT2D eigenvalue weighted by molar-refractivity contribution is 9.10. The van der Waals surface area contributed by atoms with Gasteiger partial charge in [0.05, 0.1) is 0 Å². The fraction of sp³-hybridized carbons (Fsp3) is 0.222. The monoisotopic (exact) mass is 322 g/mol. The maximum absolute atomic E-state index is 3.59. The first-order valence-electron chi connectivity index (χ1n) is 7.33. The van der Waals surface area contributed by atoms with Crippen LogP contribution in [0, 0.1) is 0 Å². The molecule has 2 aromatic carbocycles. The zero-order valence-electron chi connectivity index (χ0n) is 11.7. The molecular formula is C18H16BBr. The fourth-order valence-electron chi connectivity index (χ4n) is 3.70. The van der Waals surface area contributed by atoms with Crippen molar-refractivity contribution in [1.29, 1.82) is 0 Å². The predicted molar refractivity (Wildman–Crippen MR) is 92.2 cm³/mol. The number of allylic oxidation sites excluding steroid dienone is 2. The van der Waals surface area contributed by atoms with Crippen LogP contribution in [0.5, 0.6) is 0 Å². The molecule has 98 valence electrons. The van der Waals surface area contributed by atoms with Gasteiger partial charge in [-0.1, -0.05) is 45.7 Å². The van der Waals surface area contributed by atoms with Crippen LogP contribution in [-0.2, 0) is 12.8 Å². The Morgan fingerprint density at radius 1 is 0.750 bits per heavy atom. The lowest BCUT2D eigenvalue weighted by molar-refractivity contribution is 1.06. The topological polar surface area (TPSA) is 0 Å². The van der Waals surface area contributed by atoms with Crippen LogP contribution >= 0.6 is 15.9 Å². The number of benzene rings is 2. The molecule has 0 amide bonds. The first-order chi connectivity index (χ1) is 9.72. The van der Waals surface area contributed by atoms with Crippen molar-refractivity contribution in [2.75, 3.05) is 0 Å². The second-order valence-corrected chi connectivity index (χ2v) is 6.83. The van der Waals surface area contributed by atoms with Gasteiger partial charge < -0.3 is 0 Å². The highest BCUT2D eigenvalue weighted by Crippen LogP contribution is 2.43. The van der Waals surface area contributed by atoms with Crippen LogP contribution in [0.25, 0.3) is 11.1 Å². The van der Waals surface area contributed by atoms with Gasteiger partial charge in [-0.2, -0.15) is 0 Å². The van der Waals surface area contributed by atoms with Crippen molar-refractivity contribution in [2.45, 2.75) is 25.7 Å². The molecule has 0 N–H and O–H groups in total. The molecule has 0 radical (unpaired) electrons. The summed E-state index contributed by atoms with van der Waals surface area (Å²) in [6, 6.07) is 13.7. The largest absolute Gasteiger partial charge is 0.139 e. The average Bonchev–Trinajstić information content (AvgIpc) is 3.01. The van der Waals surface area contributed by atoms with Crippen LogP contribution in [0.3, 0.4) is 0 Å². The number of fused-ring (bicyclic) bond motifs is 2. The van der Waals surface area contributed by atoms with Crippen molar-refractivity contribution < 1.29 is 0 Å². The molecule has 0 heterocycles. The van der Waals surface area contributed by atoms with E-state index in [0.29, 0.717) is 0 Å². The Balaban J connectivity index is 1.88. The van der Waals surface area contributed by atoms with Gasteiger partial charge in [0.1, 0.15) is 7.85 Å². The summed E-state index contributed by atoms with van der Waals surface area (Å²) in [6.45, 7) is 0. The highest BCUT2D eigenvalue weighted by atomic mass is 79.9. The molecule has 2 heteroatoms. The molecule has 0 nitrogen and oxygen atoms in total. The van der Waals surface area contributed by atoms with Crippen LogP contribution in [0.2, 0.25) is 0 Å². The Kier molecular flexibility index (Phi) is 2.89. The molecule has 2 aliphatic rings. The summed E-state index contributed by atoms with van der Waals surface area (Å²) < 4.78 is 1.20. The van der Waals surface area contributed by atoms with Crippen molar-refractivity contribution in [1.82, 2.24) is 0 Å². The molecule has 0 spiro atoms. The Morgan fingerprint density at radius 3 is 2.05 bits per heavy atom. The van der Waals surface area contributed by atoms with Crippen LogP contribution < -0.4 is 5.46 Å². The standard InChI is InChI=1S/C18H16BBr/c19-13-3-7-15-11(9-13)1-5-17(15)18-6-2-12-10-14(20)4-8-16(12)18/h3-4,7-10H,1-2,5-6,19H2/b18-17+. The molecule has 0 aliphatic heterocycles. The van der Waals surface area contributed by atoms with Gasteiger partial charge in [-0.25, -0.2) is 0 Å². The summed E-state index contributed by atoms with van der Waals surface area (Å²) in [4.78, 5) is 0. The van der Waals surface area contributed by atoms with E-state index in [1.165, 1.54) is 57.9 Å². The summed E-state index contributed by atoms with van der Waals surface area (Å²) in [7, 11) is 2.19. The van der Waals surface area contributed by atoms with E-state index in [1.807, 2.05) is 0 Å². The second kappa shape index (κ2) is 4.63. The van der Waals surface area contributed by atoms with Crippen molar-refractivity contribution in [3.63, 3.8) is 0 Å². The van der Waals surface area contributed by atoms with Gasteiger partial charge in [-0.05, 0) is 71.2 Å². The third-order valence-corrected chi connectivity index (χ3v) is 5.12. The first-order valence-corrected chi connectivity index (χ1v) is 8.12. The zero-order chi connectivity index (χ0) is 13.7. The minimum atomic E-state index is 1.19. The van der Waals surface area contributed by atoms with E-state index in [0.717, 1.165) is 0 Å². The van der Waals surface area contributed by atoms with Crippen molar-refractivity contribution >= 4 is 40.4 Å². The Bertz CT molecular complexity index is 680. The Hall–Kier alpha value is -1.28. The third-order valence-electron chi connectivity index (χ3n) is 4.63. The maximum Gasteiger partial charge on any atom is 0.139 e. The number of rotatable bonds is 0. The smallest absolute Gasteiger partial charge is 0.0887 e. The molecule has 2 aromatic rings. The van der Waals surface area contributed by atoms with Crippen molar-refractivity contribution in [3.8, 4) is 0 Å². The molecule has 0 aromatic heterocycles. The molecule has 2 aliphatic carbocycles. The molecule has 0 saturated carbocycles. The number of aryl methyl sites for hydroxylation is 2. The van der Waals surface area contributed by atoms with E-state index in [-0.39, 0.29) is 0 Å². The molecule has 0 atom stereocenters. The van der Waals surface area contributed by atoms with E-state index in [9.17, 15) is 0 Å². The highest BCUT2D eigenvalue weighted by Gasteiger charge is 2.24. The minimum Gasteiger partial charge on any atom is -0.0887 e. The maximum atomic E-state index is 3.59. The Morgan fingerprint density at radius 2 is 1.35 bits per heavy atom. The van der Waals surface area contributed by atoms with Gasteiger partial charge >= 0.3 is 0 Å². The molecule has 4 rings (SSSR count). The van der Waals surface area contributed by atoms with Crippen LogP contribution in [0.1, 0.15) is 35.1 Å². The molecule has 0 unspecified atom stereocenters. The van der Waals surface area contributed by atoms with Gasteiger partial charge in [-0.3, -0.25) is 0 Å². The van der Waals surface area contributed by atoms with E-state index in [1.54, 1.807) is 11.1 Å². The second-order valence-electron chi connectivity index (χ2n) is 5.92. The number of hydrogen-bond acceptors (Lipinski definition) is 0. The van der Waals surface area contributed by atoms with Gasteiger partial charge in [0, 0.05) is 4.47 Å². The average molecular weight is 323 g/mol. The SMILES string of the molecule is Bc1ccc2c(c1)CC/C2=C1/CCc2cc(Br)ccc21. The molecule has 0 fully saturated rings.